The van der Waals surface area contributed by atoms with Crippen molar-refractivity contribution >= 4 is 44.0 Å². The number of aryl methyl sites for hydroxylation is 4. The van der Waals surface area contributed by atoms with Gasteiger partial charge in [-0.25, -0.2) is 0 Å². The fourth-order valence-corrected chi connectivity index (χ4v) is 6.08. The monoisotopic (exact) mass is 764 g/mol. The number of furan rings is 1. The van der Waals surface area contributed by atoms with Crippen LogP contribution >= 0.6 is 17.0 Å². The van der Waals surface area contributed by atoms with E-state index < -0.39 is 18.0 Å². The van der Waals surface area contributed by atoms with Crippen molar-refractivity contribution in [3.63, 3.8) is 0 Å². The molecule has 0 fully saturated rings. The molecule has 246 valence electrons. The van der Waals surface area contributed by atoms with Gasteiger partial charge in [0.15, 0.2) is 0 Å². The predicted octanol–water partition coefficient (Wildman–Crippen LogP) is 14.1. The van der Waals surface area contributed by atoms with Gasteiger partial charge in [-0.05, 0) is 56.0 Å². The molecule has 0 unspecified atom stereocenters. The largest absolute Gasteiger partial charge is 0.496 e. The average Bonchev–Trinajstić information content (AvgIpc) is 3.83. The number of fused-ring (bicyclic) bond motifs is 2. The van der Waals surface area contributed by atoms with Gasteiger partial charge in [-0.2, -0.15) is 6.07 Å². The molecule has 6 aromatic carbocycles. The minimum atomic E-state index is -1.65. The summed E-state index contributed by atoms with van der Waals surface area (Å²) in [4.78, 5) is 0. The first-order valence-corrected chi connectivity index (χ1v) is 29.2. The minimum absolute atomic E-state index is 0.224. The van der Waals surface area contributed by atoms with Gasteiger partial charge in [-0.3, -0.25) is 0 Å². The summed E-state index contributed by atoms with van der Waals surface area (Å²) in [5.41, 5.74) is 10.3. The third-order valence-corrected chi connectivity index (χ3v) is 28.4. The van der Waals surface area contributed by atoms with Crippen molar-refractivity contribution in [1.29, 1.82) is 0 Å². The van der Waals surface area contributed by atoms with Gasteiger partial charge in [-0.15, -0.1) is 63.5 Å². The molecule has 7 aromatic rings. The van der Waals surface area contributed by atoms with Gasteiger partial charge >= 0.3 is 53.5 Å². The molecular weight excluding hydrogens is 723 g/mol. The molecule has 0 saturated heterocycles. The molecule has 0 amide bonds. The van der Waals surface area contributed by atoms with Crippen LogP contribution in [-0.2, 0) is 24.4 Å². The maximum Gasteiger partial charge on any atom is 0.0896 e. The topological polar surface area (TPSA) is 13.1 Å². The van der Waals surface area contributed by atoms with Gasteiger partial charge in [-0.1, -0.05) is 109 Å². The van der Waals surface area contributed by atoms with Crippen LogP contribution in [0.1, 0.15) is 42.2 Å². The van der Waals surface area contributed by atoms with Crippen LogP contribution in [0.2, 0.25) is 13.1 Å². The van der Waals surface area contributed by atoms with Gasteiger partial charge in [0.2, 0.25) is 0 Å². The van der Waals surface area contributed by atoms with Crippen molar-refractivity contribution < 1.29 is 22.4 Å². The SMILES string of the molecule is CCCCc1cc2c(-c3ccccc3)c(C)ccc2[cH-]1.C[Si](C)=[Zr]([Cl])[Cl].Cc1ccc(-c2cc3c(-c4ccccc4)c(C)ccc3[cH-]2)o1. The first-order valence-electron chi connectivity index (χ1n) is 16.7. The fraction of sp³-hybridized carbons (Fsp3) is 0.209. The van der Waals surface area contributed by atoms with Crippen LogP contribution in [-0.4, -0.2) is 5.43 Å². The zero-order valence-electron chi connectivity index (χ0n) is 28.8. The summed E-state index contributed by atoms with van der Waals surface area (Å²) in [6, 6.07) is 43.5. The molecule has 0 aliphatic carbocycles. The van der Waals surface area contributed by atoms with Crippen LogP contribution in [0.25, 0.3) is 55.1 Å². The van der Waals surface area contributed by atoms with E-state index in [1.54, 1.807) is 0 Å². The van der Waals surface area contributed by atoms with E-state index in [1.807, 2.05) is 19.1 Å². The van der Waals surface area contributed by atoms with Crippen LogP contribution in [0.5, 0.6) is 0 Å². The Kier molecular flexibility index (Phi) is 13.0. The Morgan fingerprint density at radius 2 is 1.19 bits per heavy atom. The first kappa shape index (κ1) is 36.3. The van der Waals surface area contributed by atoms with Crippen LogP contribution in [0, 0.1) is 20.8 Å². The average molecular weight is 767 g/mol. The van der Waals surface area contributed by atoms with E-state index in [1.165, 1.54) is 79.8 Å². The predicted molar refractivity (Wildman–Crippen MR) is 210 cm³/mol. The number of unbranched alkanes of at least 4 members (excludes halogenated alkanes) is 1. The van der Waals surface area contributed by atoms with E-state index in [0.717, 1.165) is 17.1 Å². The molecule has 1 aromatic heterocycles. The Hall–Kier alpha value is -2.94. The van der Waals surface area contributed by atoms with Crippen LogP contribution < -0.4 is 0 Å². The second kappa shape index (κ2) is 17.1. The quantitative estimate of drug-likeness (QED) is 0.121. The summed E-state index contributed by atoms with van der Waals surface area (Å²) in [7, 11) is 11.2. The van der Waals surface area contributed by atoms with E-state index in [4.69, 9.17) is 21.4 Å². The minimum Gasteiger partial charge on any atom is -0.496 e. The molecule has 0 spiro atoms. The molecule has 0 atom stereocenters. The molecule has 1 heterocycles. The normalized spacial score (nSPS) is 10.8. The number of benzene rings is 4. The molecule has 7 rings (SSSR count). The molecule has 0 bridgehead atoms. The zero-order valence-corrected chi connectivity index (χ0v) is 33.8. The zero-order chi connectivity index (χ0) is 34.2. The second-order valence-electron chi connectivity index (χ2n) is 12.6. The van der Waals surface area contributed by atoms with E-state index in [2.05, 4.69) is 143 Å². The van der Waals surface area contributed by atoms with E-state index in [9.17, 15) is 0 Å². The van der Waals surface area contributed by atoms with Crippen molar-refractivity contribution in [3.8, 4) is 33.6 Å². The molecular formula is C43H44Cl2OSiZr-2. The molecule has 0 aliphatic heterocycles. The van der Waals surface area contributed by atoms with Crippen molar-refractivity contribution in [2.45, 2.75) is 60.1 Å². The molecule has 5 heteroatoms. The summed E-state index contributed by atoms with van der Waals surface area (Å²) in [5, 5.41) is 5.33. The maximum atomic E-state index is 5.77. The number of rotatable bonds is 6. The van der Waals surface area contributed by atoms with Gasteiger partial charge in [0.25, 0.3) is 0 Å². The van der Waals surface area contributed by atoms with Gasteiger partial charge in [0.1, 0.15) is 0 Å². The third-order valence-electron chi connectivity index (χ3n) is 8.60. The maximum absolute atomic E-state index is 5.77. The van der Waals surface area contributed by atoms with Crippen molar-refractivity contribution in [2.75, 3.05) is 0 Å². The molecule has 48 heavy (non-hydrogen) atoms. The van der Waals surface area contributed by atoms with E-state index in [-0.39, 0.29) is 5.43 Å². The summed E-state index contributed by atoms with van der Waals surface area (Å²) in [6.07, 6.45) is 3.72. The molecule has 0 N–H and O–H groups in total. The summed E-state index contributed by atoms with van der Waals surface area (Å²) >= 11 is -1.65. The molecule has 0 aliphatic rings. The Labute approximate surface area is 301 Å². The number of halogens is 2. The van der Waals surface area contributed by atoms with Crippen LogP contribution in [0.4, 0.5) is 0 Å². The Bertz CT molecular complexity index is 2120. The van der Waals surface area contributed by atoms with Crippen molar-refractivity contribution in [2.24, 2.45) is 0 Å². The molecule has 0 radical (unpaired) electrons. The molecule has 0 saturated carbocycles. The summed E-state index contributed by atoms with van der Waals surface area (Å²) in [6.45, 7) is 12.9. The van der Waals surface area contributed by atoms with Crippen molar-refractivity contribution in [1.82, 2.24) is 0 Å². The Balaban J connectivity index is 0.000000162. The molecule has 1 nitrogen and oxygen atoms in total. The summed E-state index contributed by atoms with van der Waals surface area (Å²) in [5.74, 6) is 1.88. The van der Waals surface area contributed by atoms with E-state index >= 15 is 0 Å². The summed E-state index contributed by atoms with van der Waals surface area (Å²) < 4.78 is 5.77. The standard InChI is InChI=1S/C21H17O.C20H21.C2H6Si.2ClH.Zr/c1-14-8-10-17-12-18(20-11-9-15(2)22-20)13-19(17)21(14)16-6-4-3-5-7-16;1-3-4-8-16-13-18-12-11-15(2)20(19(18)14-16)17-9-6-5-7-10-17;1-3-2;;;/h3-13H,1-2H3;5-7,9-14H,3-4,8H2,1-2H3;1-2H3;2*1H;/q2*-1;;;;+2/p-2. The third kappa shape index (κ3) is 8.99. The number of hydrogen-bond acceptors (Lipinski definition) is 1. The number of hydrogen-bond donors (Lipinski definition) is 0. The van der Waals surface area contributed by atoms with Gasteiger partial charge in [0, 0.05) is 0 Å². The fourth-order valence-electron chi connectivity index (χ4n) is 6.08. The van der Waals surface area contributed by atoms with E-state index in [0.29, 0.717) is 0 Å². The van der Waals surface area contributed by atoms with Crippen LogP contribution in [0.15, 0.2) is 126 Å². The Morgan fingerprint density at radius 3 is 1.67 bits per heavy atom. The smallest absolute Gasteiger partial charge is 0.0896 e. The van der Waals surface area contributed by atoms with Crippen LogP contribution in [0.3, 0.4) is 0 Å². The van der Waals surface area contributed by atoms with Gasteiger partial charge < -0.3 is 4.42 Å². The van der Waals surface area contributed by atoms with Crippen molar-refractivity contribution in [3.05, 3.63) is 144 Å². The second-order valence-corrected chi connectivity index (χ2v) is 35.6. The Morgan fingerprint density at radius 1 is 0.667 bits per heavy atom. The van der Waals surface area contributed by atoms with Gasteiger partial charge in [0.05, 0.1) is 11.5 Å². The first-order chi connectivity index (χ1) is 23.2.